The van der Waals surface area contributed by atoms with Gasteiger partial charge in [0.25, 0.3) is 5.69 Å². The normalized spacial score (nSPS) is 13.7. The molecule has 0 bridgehead atoms. The second-order valence-electron chi connectivity index (χ2n) is 5.47. The van der Waals surface area contributed by atoms with Gasteiger partial charge in [-0.25, -0.2) is 0 Å². The molecule has 0 aliphatic carbocycles. The van der Waals surface area contributed by atoms with E-state index in [9.17, 15) is 8.42 Å². The van der Waals surface area contributed by atoms with Gasteiger partial charge in [-0.2, -0.15) is 8.42 Å². The molecule has 0 heterocycles. The largest absolute Gasteiger partial charge is 0.436 e. The SMILES string of the molecule is CCCSP(=S)(OCC)Oc1ccc(S(=O)(=O)Oc2ccc(SC)cc2)cc1. The summed E-state index contributed by atoms with van der Waals surface area (Å²) in [6, 6.07) is 12.9. The highest BCUT2D eigenvalue weighted by Crippen LogP contribution is 2.60. The number of hydrogen-bond acceptors (Lipinski definition) is 8. The number of thioether (sulfide) groups is 1. The summed E-state index contributed by atoms with van der Waals surface area (Å²) in [5.74, 6) is 1.58. The predicted molar refractivity (Wildman–Crippen MR) is 122 cm³/mol. The van der Waals surface area contributed by atoms with Crippen molar-refractivity contribution in [1.82, 2.24) is 0 Å². The molecule has 2 aromatic rings. The zero-order chi connectivity index (χ0) is 20.6. The van der Waals surface area contributed by atoms with Gasteiger partial charge in [-0.15, -0.1) is 11.8 Å². The van der Waals surface area contributed by atoms with Crippen LogP contribution >= 0.6 is 28.8 Å². The minimum atomic E-state index is -3.93. The van der Waals surface area contributed by atoms with Crippen molar-refractivity contribution in [2.75, 3.05) is 18.6 Å². The molecule has 2 rings (SSSR count). The Hall–Kier alpha value is -0.700. The zero-order valence-electron chi connectivity index (χ0n) is 15.9. The van der Waals surface area contributed by atoms with Gasteiger partial charge in [0.1, 0.15) is 16.4 Å². The van der Waals surface area contributed by atoms with E-state index in [2.05, 4.69) is 6.92 Å². The van der Waals surface area contributed by atoms with Crippen LogP contribution in [0.25, 0.3) is 0 Å². The topological polar surface area (TPSA) is 61.8 Å². The molecule has 0 spiro atoms. The van der Waals surface area contributed by atoms with Crippen molar-refractivity contribution >= 4 is 50.8 Å². The Morgan fingerprint density at radius 1 is 1.00 bits per heavy atom. The number of hydrogen-bond donors (Lipinski definition) is 0. The van der Waals surface area contributed by atoms with E-state index in [0.29, 0.717) is 12.4 Å². The summed E-state index contributed by atoms with van der Waals surface area (Å²) in [7, 11) is -3.93. The van der Waals surface area contributed by atoms with Crippen molar-refractivity contribution in [1.29, 1.82) is 0 Å². The molecule has 1 unspecified atom stereocenters. The van der Waals surface area contributed by atoms with Crippen molar-refractivity contribution in [3.05, 3.63) is 48.5 Å². The lowest BCUT2D eigenvalue weighted by Crippen LogP contribution is -2.09. The zero-order valence-corrected chi connectivity index (χ0v) is 20.0. The molecule has 28 heavy (non-hydrogen) atoms. The van der Waals surface area contributed by atoms with Gasteiger partial charge in [0.2, 0.25) is 0 Å². The third-order valence-corrected chi connectivity index (χ3v) is 10.8. The van der Waals surface area contributed by atoms with Gasteiger partial charge in [-0.1, -0.05) is 18.3 Å². The van der Waals surface area contributed by atoms with Crippen molar-refractivity contribution in [3.8, 4) is 11.5 Å². The molecule has 5 nitrogen and oxygen atoms in total. The van der Waals surface area contributed by atoms with Crippen LogP contribution in [0.15, 0.2) is 58.3 Å². The van der Waals surface area contributed by atoms with E-state index in [-0.39, 0.29) is 10.6 Å². The maximum atomic E-state index is 12.5. The van der Waals surface area contributed by atoms with E-state index in [4.69, 9.17) is 25.0 Å². The minimum Gasteiger partial charge on any atom is -0.436 e. The Kier molecular flexibility index (Phi) is 9.18. The fraction of sp³-hybridized carbons (Fsp3) is 0.333. The fourth-order valence-electron chi connectivity index (χ4n) is 2.05. The first-order chi connectivity index (χ1) is 13.3. The average Bonchev–Trinajstić information content (AvgIpc) is 2.67. The maximum absolute atomic E-state index is 12.5. The van der Waals surface area contributed by atoms with E-state index in [1.807, 2.05) is 13.2 Å². The molecular formula is C18H23O5PS4. The Bertz CT molecular complexity index is 899. The van der Waals surface area contributed by atoms with E-state index in [1.165, 1.54) is 23.5 Å². The van der Waals surface area contributed by atoms with E-state index >= 15 is 0 Å². The molecule has 154 valence electrons. The fourth-order valence-corrected chi connectivity index (χ4v) is 8.09. The van der Waals surface area contributed by atoms with Crippen LogP contribution in [0.1, 0.15) is 20.3 Å². The summed E-state index contributed by atoms with van der Waals surface area (Å²) in [6.07, 6.45) is 2.91. The molecule has 10 heteroatoms. The summed E-state index contributed by atoms with van der Waals surface area (Å²) >= 11 is 8.61. The standard InChI is InChI=1S/C18H23O5PS4/c1-4-14-27-24(25,21-5-2)22-15-8-12-18(13-9-15)28(19,20)23-16-6-10-17(26-3)11-7-16/h6-13H,4-5,14H2,1-3H3. The Morgan fingerprint density at radius 2 is 1.61 bits per heavy atom. The lowest BCUT2D eigenvalue weighted by Gasteiger charge is -2.21. The Balaban J connectivity index is 2.12. The molecule has 1 atom stereocenters. The van der Waals surface area contributed by atoms with Crippen LogP contribution in [0, 0.1) is 0 Å². The van der Waals surface area contributed by atoms with E-state index < -0.39 is 15.8 Å². The van der Waals surface area contributed by atoms with Gasteiger partial charge in [-0.05, 0) is 79.9 Å². The predicted octanol–water partition coefficient (Wildman–Crippen LogP) is 5.96. The molecule has 0 aliphatic rings. The first kappa shape index (κ1) is 23.6. The molecule has 0 aliphatic heterocycles. The maximum Gasteiger partial charge on any atom is 0.339 e. The summed E-state index contributed by atoms with van der Waals surface area (Å²) in [6.45, 7) is 4.40. The van der Waals surface area contributed by atoms with Gasteiger partial charge in [0, 0.05) is 10.6 Å². The molecule has 0 fully saturated rings. The van der Waals surface area contributed by atoms with Crippen molar-refractivity contribution in [2.24, 2.45) is 0 Å². The van der Waals surface area contributed by atoms with Crippen molar-refractivity contribution < 1.29 is 21.6 Å². The second-order valence-corrected chi connectivity index (χ2v) is 14.3. The molecule has 0 aromatic heterocycles. The minimum absolute atomic E-state index is 0.0414. The molecule has 0 N–H and O–H groups in total. The molecule has 0 saturated heterocycles. The van der Waals surface area contributed by atoms with Gasteiger partial charge < -0.3 is 13.2 Å². The summed E-state index contributed by atoms with van der Waals surface area (Å²) < 4.78 is 41.7. The van der Waals surface area contributed by atoms with Crippen LogP contribution in [0.5, 0.6) is 11.5 Å². The van der Waals surface area contributed by atoms with Crippen LogP contribution in [0.2, 0.25) is 0 Å². The van der Waals surface area contributed by atoms with Crippen molar-refractivity contribution in [3.63, 3.8) is 0 Å². The average molecular weight is 479 g/mol. The molecular weight excluding hydrogens is 455 g/mol. The quantitative estimate of drug-likeness (QED) is 0.223. The highest BCUT2D eigenvalue weighted by molar-refractivity contribution is 8.68. The van der Waals surface area contributed by atoms with Crippen LogP contribution < -0.4 is 8.71 Å². The lowest BCUT2D eigenvalue weighted by atomic mass is 10.3. The third-order valence-electron chi connectivity index (χ3n) is 3.34. The molecule has 0 amide bonds. The number of rotatable bonds is 11. The molecule has 2 aromatic carbocycles. The van der Waals surface area contributed by atoms with Gasteiger partial charge in [-0.3, -0.25) is 0 Å². The smallest absolute Gasteiger partial charge is 0.339 e. The van der Waals surface area contributed by atoms with Gasteiger partial charge >= 0.3 is 10.1 Å². The molecule has 0 saturated carbocycles. The first-order valence-corrected chi connectivity index (χ1v) is 15.5. The van der Waals surface area contributed by atoms with E-state index in [1.54, 1.807) is 48.2 Å². The van der Waals surface area contributed by atoms with Crippen molar-refractivity contribution in [2.45, 2.75) is 30.1 Å². The second kappa shape index (κ2) is 10.9. The van der Waals surface area contributed by atoms with Gasteiger partial charge in [0.05, 0.1) is 6.61 Å². The highest BCUT2D eigenvalue weighted by Gasteiger charge is 2.22. The Morgan fingerprint density at radius 3 is 2.14 bits per heavy atom. The summed E-state index contributed by atoms with van der Waals surface area (Å²) in [5.41, 5.74) is -2.51. The number of benzene rings is 2. The molecule has 0 radical (unpaired) electrons. The summed E-state index contributed by atoms with van der Waals surface area (Å²) in [5, 5.41) is 0. The highest BCUT2D eigenvalue weighted by atomic mass is 32.9. The van der Waals surface area contributed by atoms with E-state index in [0.717, 1.165) is 17.1 Å². The Labute approximate surface area is 180 Å². The van der Waals surface area contributed by atoms with Gasteiger partial charge in [0.15, 0.2) is 0 Å². The first-order valence-electron chi connectivity index (χ1n) is 8.59. The monoisotopic (exact) mass is 478 g/mol. The van der Waals surface area contributed by atoms with Crippen LogP contribution in [-0.4, -0.2) is 27.0 Å². The van der Waals surface area contributed by atoms with Crippen LogP contribution in [0.4, 0.5) is 0 Å². The van der Waals surface area contributed by atoms with Crippen LogP contribution in [0.3, 0.4) is 0 Å². The van der Waals surface area contributed by atoms with Crippen LogP contribution in [-0.2, 0) is 26.4 Å². The summed E-state index contributed by atoms with van der Waals surface area (Å²) in [4.78, 5) is 1.07. The lowest BCUT2D eigenvalue weighted by molar-refractivity contribution is 0.344. The third kappa shape index (κ3) is 6.97.